The van der Waals surface area contributed by atoms with Gasteiger partial charge in [-0.05, 0) is 36.4 Å². The second kappa shape index (κ2) is 9.49. The average Bonchev–Trinajstić information content (AvgIpc) is 2.73. The van der Waals surface area contributed by atoms with Gasteiger partial charge in [0.05, 0.1) is 23.7 Å². The van der Waals surface area contributed by atoms with Crippen molar-refractivity contribution >= 4 is 43.5 Å². The van der Waals surface area contributed by atoms with E-state index in [-0.39, 0.29) is 23.5 Å². The maximum atomic E-state index is 12.7. The van der Waals surface area contributed by atoms with Gasteiger partial charge in [0.25, 0.3) is 5.91 Å². The zero-order valence-electron chi connectivity index (χ0n) is 15.3. The maximum absolute atomic E-state index is 12.7. The van der Waals surface area contributed by atoms with E-state index >= 15 is 0 Å². The largest absolute Gasteiger partial charge is 0.452 e. The van der Waals surface area contributed by atoms with Crippen molar-refractivity contribution in [2.75, 3.05) is 38.2 Å². The lowest BCUT2D eigenvalue weighted by Gasteiger charge is -2.26. The number of ether oxygens (including phenoxy) is 2. The molecular formula is C19H19BrN2O6S. The first-order valence-corrected chi connectivity index (χ1v) is 11.0. The van der Waals surface area contributed by atoms with Crippen LogP contribution < -0.4 is 5.32 Å². The molecule has 0 aliphatic carbocycles. The molecule has 8 nitrogen and oxygen atoms in total. The van der Waals surface area contributed by atoms with Gasteiger partial charge in [-0.15, -0.1) is 0 Å². The summed E-state index contributed by atoms with van der Waals surface area (Å²) in [4.78, 5) is 24.2. The number of halogens is 1. The van der Waals surface area contributed by atoms with Gasteiger partial charge in [0.1, 0.15) is 0 Å². The van der Waals surface area contributed by atoms with E-state index in [9.17, 15) is 18.0 Å². The van der Waals surface area contributed by atoms with Crippen LogP contribution in [0.15, 0.2) is 57.9 Å². The van der Waals surface area contributed by atoms with Crippen LogP contribution in [0.25, 0.3) is 0 Å². The summed E-state index contributed by atoms with van der Waals surface area (Å²) in [6, 6.07) is 12.5. The summed E-state index contributed by atoms with van der Waals surface area (Å²) < 4.78 is 37.7. The van der Waals surface area contributed by atoms with Gasteiger partial charge in [-0.3, -0.25) is 4.79 Å². The van der Waals surface area contributed by atoms with Crippen molar-refractivity contribution in [3.63, 3.8) is 0 Å². The van der Waals surface area contributed by atoms with E-state index in [4.69, 9.17) is 9.47 Å². The van der Waals surface area contributed by atoms with Crippen molar-refractivity contribution in [1.29, 1.82) is 0 Å². The van der Waals surface area contributed by atoms with Crippen molar-refractivity contribution in [3.8, 4) is 0 Å². The van der Waals surface area contributed by atoms with Crippen LogP contribution in [0.4, 0.5) is 5.69 Å². The van der Waals surface area contributed by atoms with Gasteiger partial charge in [-0.1, -0.05) is 28.1 Å². The molecule has 1 aliphatic heterocycles. The fourth-order valence-corrected chi connectivity index (χ4v) is 4.55. The molecule has 2 aromatic rings. The Morgan fingerprint density at radius 3 is 2.55 bits per heavy atom. The maximum Gasteiger partial charge on any atom is 0.338 e. The molecule has 2 aromatic carbocycles. The zero-order valence-corrected chi connectivity index (χ0v) is 17.7. The Bertz CT molecular complexity index is 1010. The molecule has 0 bridgehead atoms. The van der Waals surface area contributed by atoms with Crippen LogP contribution in [-0.4, -0.2) is 57.5 Å². The van der Waals surface area contributed by atoms with Crippen LogP contribution in [0, 0.1) is 0 Å². The first-order valence-electron chi connectivity index (χ1n) is 8.77. The highest BCUT2D eigenvalue weighted by molar-refractivity contribution is 9.10. The third-order valence-corrected chi connectivity index (χ3v) is 6.51. The molecule has 154 valence electrons. The molecule has 0 saturated carbocycles. The monoisotopic (exact) mass is 482 g/mol. The molecular weight excluding hydrogens is 464 g/mol. The van der Waals surface area contributed by atoms with Gasteiger partial charge in [0.2, 0.25) is 10.0 Å². The van der Waals surface area contributed by atoms with Crippen LogP contribution in [0.1, 0.15) is 10.4 Å². The molecule has 0 unspecified atom stereocenters. The van der Waals surface area contributed by atoms with Crippen LogP contribution in [0.2, 0.25) is 0 Å². The van der Waals surface area contributed by atoms with Crippen LogP contribution >= 0.6 is 15.9 Å². The van der Waals surface area contributed by atoms with Gasteiger partial charge in [-0.2, -0.15) is 4.31 Å². The van der Waals surface area contributed by atoms with Crippen molar-refractivity contribution in [1.82, 2.24) is 4.31 Å². The molecule has 0 atom stereocenters. The van der Waals surface area contributed by atoms with Gasteiger partial charge >= 0.3 is 5.97 Å². The molecule has 0 spiro atoms. The smallest absolute Gasteiger partial charge is 0.338 e. The fraction of sp³-hybridized carbons (Fsp3) is 0.263. The average molecular weight is 483 g/mol. The number of carbonyl (C=O) groups excluding carboxylic acids is 2. The molecule has 10 heteroatoms. The summed E-state index contributed by atoms with van der Waals surface area (Å²) >= 11 is 3.30. The highest BCUT2D eigenvalue weighted by atomic mass is 79.9. The predicted molar refractivity (Wildman–Crippen MR) is 109 cm³/mol. The number of nitrogens with one attached hydrogen (secondary N) is 1. The minimum Gasteiger partial charge on any atom is -0.452 e. The number of sulfonamides is 1. The number of anilines is 1. The van der Waals surface area contributed by atoms with E-state index in [0.717, 1.165) is 4.47 Å². The molecule has 1 N–H and O–H groups in total. The Labute approximate surface area is 177 Å². The van der Waals surface area contributed by atoms with Crippen LogP contribution in [0.3, 0.4) is 0 Å². The van der Waals surface area contributed by atoms with Gasteiger partial charge in [0.15, 0.2) is 6.61 Å². The third-order valence-electron chi connectivity index (χ3n) is 4.12. The number of nitrogens with zero attached hydrogens (tertiary/aromatic N) is 1. The molecule has 29 heavy (non-hydrogen) atoms. The Balaban J connectivity index is 1.62. The summed E-state index contributed by atoms with van der Waals surface area (Å²) in [5.74, 6) is -1.29. The number of carbonyl (C=O) groups is 2. The number of rotatable bonds is 6. The second-order valence-corrected chi connectivity index (χ2v) is 9.03. The van der Waals surface area contributed by atoms with E-state index in [1.165, 1.54) is 28.6 Å². The first-order chi connectivity index (χ1) is 13.9. The van der Waals surface area contributed by atoms with E-state index in [0.29, 0.717) is 18.9 Å². The van der Waals surface area contributed by atoms with Gasteiger partial charge in [-0.25, -0.2) is 13.2 Å². The highest BCUT2D eigenvalue weighted by Crippen LogP contribution is 2.19. The van der Waals surface area contributed by atoms with Crippen molar-refractivity contribution in [3.05, 3.63) is 58.6 Å². The first kappa shape index (κ1) is 21.4. The lowest BCUT2D eigenvalue weighted by Crippen LogP contribution is -2.40. The van der Waals surface area contributed by atoms with E-state index in [2.05, 4.69) is 21.2 Å². The molecule has 1 saturated heterocycles. The minimum atomic E-state index is -3.73. The Morgan fingerprint density at radius 1 is 1.10 bits per heavy atom. The van der Waals surface area contributed by atoms with E-state index in [1.807, 2.05) is 6.07 Å². The number of hydrogen-bond donors (Lipinski definition) is 1. The lowest BCUT2D eigenvalue weighted by atomic mass is 10.2. The molecule has 3 rings (SSSR count). The van der Waals surface area contributed by atoms with Crippen molar-refractivity contribution in [2.45, 2.75) is 4.90 Å². The summed E-state index contributed by atoms with van der Waals surface area (Å²) in [5.41, 5.74) is 0.605. The summed E-state index contributed by atoms with van der Waals surface area (Å²) in [6.45, 7) is 0.674. The van der Waals surface area contributed by atoms with E-state index in [1.54, 1.807) is 18.2 Å². The molecule has 1 heterocycles. The molecule has 0 radical (unpaired) electrons. The van der Waals surface area contributed by atoms with Crippen LogP contribution in [-0.2, 0) is 24.3 Å². The Morgan fingerprint density at radius 2 is 1.83 bits per heavy atom. The van der Waals surface area contributed by atoms with Crippen molar-refractivity contribution < 1.29 is 27.5 Å². The normalized spacial score (nSPS) is 14.9. The number of benzene rings is 2. The number of morpholine rings is 1. The summed E-state index contributed by atoms with van der Waals surface area (Å²) in [5, 5.41) is 2.61. The standard InChI is InChI=1S/C19H19BrN2O6S/c20-15-4-2-5-16(12-15)21-18(23)13-28-19(24)14-3-1-6-17(11-14)29(25,26)22-7-9-27-10-8-22/h1-6,11-12H,7-10,13H2,(H,21,23). The number of amides is 1. The molecule has 1 aliphatic rings. The number of hydrogen-bond acceptors (Lipinski definition) is 6. The molecule has 0 aromatic heterocycles. The predicted octanol–water partition coefficient (Wildman–Crippen LogP) is 2.27. The second-order valence-electron chi connectivity index (χ2n) is 6.18. The molecule has 1 fully saturated rings. The van der Waals surface area contributed by atoms with Gasteiger partial charge in [0, 0.05) is 23.2 Å². The van der Waals surface area contributed by atoms with Crippen LogP contribution in [0.5, 0.6) is 0 Å². The SMILES string of the molecule is O=C(COC(=O)c1cccc(S(=O)(=O)N2CCOCC2)c1)Nc1cccc(Br)c1. The summed E-state index contributed by atoms with van der Waals surface area (Å²) in [7, 11) is -3.73. The third kappa shape index (κ3) is 5.63. The zero-order chi connectivity index (χ0) is 20.9. The van der Waals surface area contributed by atoms with E-state index < -0.39 is 28.5 Å². The number of esters is 1. The summed E-state index contributed by atoms with van der Waals surface area (Å²) in [6.07, 6.45) is 0. The van der Waals surface area contributed by atoms with Gasteiger partial charge < -0.3 is 14.8 Å². The Kier molecular flexibility index (Phi) is 7.01. The Hall–Kier alpha value is -2.27. The lowest BCUT2D eigenvalue weighted by molar-refractivity contribution is -0.119. The van der Waals surface area contributed by atoms with Crippen molar-refractivity contribution in [2.24, 2.45) is 0 Å². The topological polar surface area (TPSA) is 102 Å². The minimum absolute atomic E-state index is 0.00700. The highest BCUT2D eigenvalue weighted by Gasteiger charge is 2.27. The quantitative estimate of drug-likeness (QED) is 0.633. The fourth-order valence-electron chi connectivity index (χ4n) is 2.70. The molecule has 1 amide bonds.